The molecule has 4 nitrogen and oxygen atoms in total. The molecule has 1 aromatic rings. The van der Waals surface area contributed by atoms with E-state index in [0.29, 0.717) is 6.04 Å². The molecule has 2 fully saturated rings. The molecule has 0 amide bonds. The molecule has 0 aromatic heterocycles. The summed E-state index contributed by atoms with van der Waals surface area (Å²) in [6.07, 6.45) is 5.16. The van der Waals surface area contributed by atoms with Crippen molar-refractivity contribution >= 4 is 35.6 Å². The number of benzene rings is 1. The largest absolute Gasteiger partial charge is 0.372 e. The third-order valence-corrected chi connectivity index (χ3v) is 4.77. The molecule has 1 saturated carbocycles. The van der Waals surface area contributed by atoms with Crippen molar-refractivity contribution in [2.75, 3.05) is 24.5 Å². The van der Waals surface area contributed by atoms with Crippen molar-refractivity contribution in [1.29, 1.82) is 0 Å². The third kappa shape index (κ3) is 5.83. The van der Waals surface area contributed by atoms with Gasteiger partial charge in [-0.2, -0.15) is 0 Å². The van der Waals surface area contributed by atoms with Gasteiger partial charge in [0.05, 0.1) is 6.54 Å². The van der Waals surface area contributed by atoms with Gasteiger partial charge in [0, 0.05) is 31.4 Å². The lowest BCUT2D eigenvalue weighted by molar-refractivity contribution is 0.438. The minimum Gasteiger partial charge on any atom is -0.372 e. The topological polar surface area (TPSA) is 39.7 Å². The second-order valence-corrected chi connectivity index (χ2v) is 6.95. The monoisotopic (exact) mass is 442 g/mol. The molecule has 0 atom stereocenters. The van der Waals surface area contributed by atoms with Gasteiger partial charge in [0.25, 0.3) is 0 Å². The Labute approximate surface area is 163 Å². The molecule has 0 spiro atoms. The van der Waals surface area contributed by atoms with Crippen molar-refractivity contribution in [3.63, 3.8) is 0 Å². The number of hydrogen-bond acceptors (Lipinski definition) is 2. The fourth-order valence-corrected chi connectivity index (χ4v) is 2.99. The van der Waals surface area contributed by atoms with E-state index in [0.717, 1.165) is 25.0 Å². The standard InChI is InChI=1S/C19H30N4.HI/c1-3-20-19(22-17-6-7-17)21-14-16-4-8-18(9-5-16)23-12-10-15(2)11-13-23;/h4-5,8-9,15,17H,3,6-7,10-14H2,1-2H3,(H2,20,21,22);1H. The van der Waals surface area contributed by atoms with E-state index >= 15 is 0 Å². The quantitative estimate of drug-likeness (QED) is 0.415. The Hall–Kier alpha value is -0.980. The summed E-state index contributed by atoms with van der Waals surface area (Å²) in [7, 11) is 0. The maximum Gasteiger partial charge on any atom is 0.191 e. The maximum absolute atomic E-state index is 4.70. The Bertz CT molecular complexity index is 517. The van der Waals surface area contributed by atoms with E-state index in [1.165, 1.54) is 50.0 Å². The highest BCUT2D eigenvalue weighted by atomic mass is 127. The third-order valence-electron chi connectivity index (χ3n) is 4.77. The molecule has 2 N–H and O–H groups in total. The smallest absolute Gasteiger partial charge is 0.191 e. The summed E-state index contributed by atoms with van der Waals surface area (Å²) in [5, 5.41) is 6.78. The van der Waals surface area contributed by atoms with Gasteiger partial charge in [0.15, 0.2) is 5.96 Å². The van der Waals surface area contributed by atoms with Crippen molar-refractivity contribution in [2.45, 2.75) is 52.1 Å². The first kappa shape index (κ1) is 19.3. The lowest BCUT2D eigenvalue weighted by Gasteiger charge is -2.32. The van der Waals surface area contributed by atoms with E-state index in [1.54, 1.807) is 0 Å². The second-order valence-electron chi connectivity index (χ2n) is 6.95. The zero-order chi connectivity index (χ0) is 16.1. The van der Waals surface area contributed by atoms with Crippen molar-refractivity contribution in [1.82, 2.24) is 10.6 Å². The fourth-order valence-electron chi connectivity index (χ4n) is 2.99. The van der Waals surface area contributed by atoms with Gasteiger partial charge in [-0.25, -0.2) is 4.99 Å². The first-order valence-corrected chi connectivity index (χ1v) is 9.13. The number of halogens is 1. The molecule has 1 saturated heterocycles. The molecular formula is C19H31IN4. The molecule has 1 aromatic carbocycles. The van der Waals surface area contributed by atoms with Crippen LogP contribution < -0.4 is 15.5 Å². The number of hydrogen-bond donors (Lipinski definition) is 2. The minimum atomic E-state index is 0. The summed E-state index contributed by atoms with van der Waals surface area (Å²) < 4.78 is 0. The fraction of sp³-hybridized carbons (Fsp3) is 0.632. The van der Waals surface area contributed by atoms with Crippen LogP contribution in [0, 0.1) is 5.92 Å². The van der Waals surface area contributed by atoms with E-state index < -0.39 is 0 Å². The van der Waals surface area contributed by atoms with Gasteiger partial charge in [-0.05, 0) is 56.2 Å². The van der Waals surface area contributed by atoms with Crippen molar-refractivity contribution in [3.05, 3.63) is 29.8 Å². The number of nitrogens with one attached hydrogen (secondary N) is 2. The zero-order valence-corrected chi connectivity index (χ0v) is 17.3. The van der Waals surface area contributed by atoms with Crippen molar-refractivity contribution in [2.24, 2.45) is 10.9 Å². The molecule has 134 valence electrons. The van der Waals surface area contributed by atoms with Crippen LogP contribution >= 0.6 is 24.0 Å². The van der Waals surface area contributed by atoms with Gasteiger partial charge in [0.1, 0.15) is 0 Å². The van der Waals surface area contributed by atoms with Crippen molar-refractivity contribution in [3.8, 4) is 0 Å². The highest BCUT2D eigenvalue weighted by Crippen LogP contribution is 2.23. The number of rotatable bonds is 5. The summed E-state index contributed by atoms with van der Waals surface area (Å²) in [5.74, 6) is 1.83. The molecule has 24 heavy (non-hydrogen) atoms. The van der Waals surface area contributed by atoms with Crippen molar-refractivity contribution < 1.29 is 0 Å². The predicted octanol–water partition coefficient (Wildman–Crippen LogP) is 3.76. The average Bonchev–Trinajstić information content (AvgIpc) is 3.38. The van der Waals surface area contributed by atoms with E-state index in [-0.39, 0.29) is 24.0 Å². The number of aliphatic imine (C=N–C) groups is 1. The minimum absolute atomic E-state index is 0. The zero-order valence-electron chi connectivity index (χ0n) is 14.9. The van der Waals surface area contributed by atoms with E-state index in [1.807, 2.05) is 0 Å². The Morgan fingerprint density at radius 2 is 1.79 bits per heavy atom. The lowest BCUT2D eigenvalue weighted by atomic mass is 9.99. The summed E-state index contributed by atoms with van der Waals surface area (Å²) in [6, 6.07) is 9.58. The number of guanidine groups is 1. The molecule has 3 rings (SSSR count). The molecular weight excluding hydrogens is 411 g/mol. The molecule has 0 radical (unpaired) electrons. The molecule has 1 aliphatic heterocycles. The summed E-state index contributed by atoms with van der Waals surface area (Å²) in [4.78, 5) is 7.20. The SMILES string of the molecule is CCNC(=NCc1ccc(N2CCC(C)CC2)cc1)NC1CC1.I. The van der Waals surface area contributed by atoms with Gasteiger partial charge in [-0.1, -0.05) is 19.1 Å². The van der Waals surface area contributed by atoms with Gasteiger partial charge in [0.2, 0.25) is 0 Å². The van der Waals surface area contributed by atoms with Crippen LogP contribution in [-0.4, -0.2) is 31.6 Å². The lowest BCUT2D eigenvalue weighted by Crippen LogP contribution is -2.38. The Balaban J connectivity index is 0.00000208. The van der Waals surface area contributed by atoms with Gasteiger partial charge < -0.3 is 15.5 Å². The maximum atomic E-state index is 4.70. The van der Waals surface area contributed by atoms with Gasteiger partial charge >= 0.3 is 0 Å². The first-order chi connectivity index (χ1) is 11.2. The average molecular weight is 442 g/mol. The van der Waals surface area contributed by atoms with E-state index in [4.69, 9.17) is 4.99 Å². The number of piperidine rings is 1. The molecule has 5 heteroatoms. The normalized spacial score (nSPS) is 18.9. The second kappa shape index (κ2) is 9.49. The summed E-state index contributed by atoms with van der Waals surface area (Å²) >= 11 is 0. The van der Waals surface area contributed by atoms with Crippen LogP contribution in [0.5, 0.6) is 0 Å². The van der Waals surface area contributed by atoms with Gasteiger partial charge in [-0.15, -0.1) is 24.0 Å². The highest BCUT2D eigenvalue weighted by molar-refractivity contribution is 14.0. The van der Waals surface area contributed by atoms with Crippen LogP contribution in [0.25, 0.3) is 0 Å². The Morgan fingerprint density at radius 3 is 2.38 bits per heavy atom. The summed E-state index contributed by atoms with van der Waals surface area (Å²) in [6.45, 7) is 8.49. The first-order valence-electron chi connectivity index (χ1n) is 9.13. The number of nitrogens with zero attached hydrogens (tertiary/aromatic N) is 2. The predicted molar refractivity (Wildman–Crippen MR) is 113 cm³/mol. The van der Waals surface area contributed by atoms with Gasteiger partial charge in [-0.3, -0.25) is 0 Å². The highest BCUT2D eigenvalue weighted by Gasteiger charge is 2.22. The molecule has 1 aliphatic carbocycles. The van der Waals surface area contributed by atoms with Crippen LogP contribution in [0.1, 0.15) is 45.1 Å². The Morgan fingerprint density at radius 1 is 1.12 bits per heavy atom. The van der Waals surface area contributed by atoms with Crippen LogP contribution in [0.4, 0.5) is 5.69 Å². The Kier molecular flexibility index (Phi) is 7.65. The summed E-state index contributed by atoms with van der Waals surface area (Å²) in [5.41, 5.74) is 2.62. The molecule has 0 unspecified atom stereocenters. The van der Waals surface area contributed by atoms with Crippen LogP contribution in [-0.2, 0) is 6.54 Å². The van der Waals surface area contributed by atoms with Crippen LogP contribution in [0.15, 0.2) is 29.3 Å². The van der Waals surface area contributed by atoms with Crippen LogP contribution in [0.2, 0.25) is 0 Å². The molecule has 0 bridgehead atoms. The van der Waals surface area contributed by atoms with E-state index in [9.17, 15) is 0 Å². The molecule has 2 aliphatic rings. The molecule has 1 heterocycles. The van der Waals surface area contributed by atoms with E-state index in [2.05, 4.69) is 53.6 Å². The number of anilines is 1. The van der Waals surface area contributed by atoms with Crippen LogP contribution in [0.3, 0.4) is 0 Å².